The molecule has 2 heterocycles. The van der Waals surface area contributed by atoms with Crippen molar-refractivity contribution in [2.75, 3.05) is 6.54 Å². The van der Waals surface area contributed by atoms with Gasteiger partial charge in [0.2, 0.25) is 0 Å². The van der Waals surface area contributed by atoms with E-state index in [1.807, 2.05) is 22.7 Å². The Labute approximate surface area is 119 Å². The molecule has 2 aromatic rings. The minimum absolute atomic E-state index is 0.989. The average molecular weight is 330 g/mol. The summed E-state index contributed by atoms with van der Waals surface area (Å²) >= 11 is 7.19. The van der Waals surface area contributed by atoms with Gasteiger partial charge in [0.1, 0.15) is 0 Å². The van der Waals surface area contributed by atoms with E-state index >= 15 is 0 Å². The number of hydrogen-bond donors (Lipinski definition) is 1. The van der Waals surface area contributed by atoms with Gasteiger partial charge in [-0.15, -0.1) is 22.7 Å². The molecule has 0 fully saturated rings. The molecule has 17 heavy (non-hydrogen) atoms. The highest BCUT2D eigenvalue weighted by Crippen LogP contribution is 2.22. The Balaban J connectivity index is 1.75. The SMILES string of the molecule is Cc1cc(CNCCc2ccc(Br)s2)c(C)s1. The van der Waals surface area contributed by atoms with Crippen LogP contribution in [0.25, 0.3) is 0 Å². The van der Waals surface area contributed by atoms with Crippen LogP contribution in [0.3, 0.4) is 0 Å². The summed E-state index contributed by atoms with van der Waals surface area (Å²) in [6.45, 7) is 6.40. The van der Waals surface area contributed by atoms with Gasteiger partial charge in [0.25, 0.3) is 0 Å². The van der Waals surface area contributed by atoms with Gasteiger partial charge in [-0.3, -0.25) is 0 Å². The fraction of sp³-hybridized carbons (Fsp3) is 0.385. The molecule has 0 atom stereocenters. The van der Waals surface area contributed by atoms with Crippen molar-refractivity contribution in [3.63, 3.8) is 0 Å². The lowest BCUT2D eigenvalue weighted by atomic mass is 10.2. The fourth-order valence-electron chi connectivity index (χ4n) is 1.78. The molecule has 0 aromatic carbocycles. The predicted molar refractivity (Wildman–Crippen MR) is 81.2 cm³/mol. The minimum Gasteiger partial charge on any atom is -0.312 e. The Bertz CT molecular complexity index is 487. The van der Waals surface area contributed by atoms with Crippen molar-refractivity contribution in [2.24, 2.45) is 0 Å². The second-order valence-corrected chi connectivity index (χ2v) is 8.08. The van der Waals surface area contributed by atoms with Gasteiger partial charge < -0.3 is 5.32 Å². The van der Waals surface area contributed by atoms with E-state index in [4.69, 9.17) is 0 Å². The third-order valence-corrected chi connectivity index (χ3v) is 5.33. The summed E-state index contributed by atoms with van der Waals surface area (Å²) < 4.78 is 1.22. The fourth-order valence-corrected chi connectivity index (χ4v) is 4.21. The van der Waals surface area contributed by atoms with Crippen LogP contribution in [0, 0.1) is 13.8 Å². The van der Waals surface area contributed by atoms with E-state index in [-0.39, 0.29) is 0 Å². The van der Waals surface area contributed by atoms with Gasteiger partial charge in [-0.05, 0) is 60.0 Å². The lowest BCUT2D eigenvalue weighted by Crippen LogP contribution is -2.16. The molecule has 0 bridgehead atoms. The summed E-state index contributed by atoms with van der Waals surface area (Å²) in [5.74, 6) is 0. The molecule has 1 nitrogen and oxygen atoms in total. The molecule has 0 amide bonds. The molecule has 0 saturated carbocycles. The Morgan fingerprint density at radius 2 is 2.06 bits per heavy atom. The molecule has 0 radical (unpaired) electrons. The number of aryl methyl sites for hydroxylation is 2. The van der Waals surface area contributed by atoms with E-state index in [9.17, 15) is 0 Å². The number of hydrogen-bond acceptors (Lipinski definition) is 3. The lowest BCUT2D eigenvalue weighted by molar-refractivity contribution is 0.690. The Kier molecular flexibility index (Phi) is 4.79. The molecule has 0 spiro atoms. The van der Waals surface area contributed by atoms with Crippen molar-refractivity contribution in [3.05, 3.63) is 42.2 Å². The number of rotatable bonds is 5. The zero-order chi connectivity index (χ0) is 12.3. The second-order valence-electron chi connectivity index (χ2n) is 4.07. The van der Waals surface area contributed by atoms with Crippen LogP contribution in [0.4, 0.5) is 0 Å². The highest BCUT2D eigenvalue weighted by atomic mass is 79.9. The molecule has 0 aliphatic carbocycles. The van der Waals surface area contributed by atoms with E-state index in [1.54, 1.807) is 0 Å². The molecule has 0 unspecified atom stereocenters. The normalized spacial score (nSPS) is 11.0. The second kappa shape index (κ2) is 6.14. The molecular formula is C13H16BrNS2. The maximum absolute atomic E-state index is 3.51. The maximum atomic E-state index is 3.51. The van der Waals surface area contributed by atoms with Gasteiger partial charge in [0, 0.05) is 27.7 Å². The Morgan fingerprint density at radius 1 is 1.24 bits per heavy atom. The first kappa shape index (κ1) is 13.3. The summed E-state index contributed by atoms with van der Waals surface area (Å²) in [4.78, 5) is 4.28. The molecule has 92 valence electrons. The van der Waals surface area contributed by atoms with Crippen LogP contribution in [0.15, 0.2) is 22.0 Å². The van der Waals surface area contributed by atoms with Crippen molar-refractivity contribution in [1.29, 1.82) is 0 Å². The van der Waals surface area contributed by atoms with Crippen molar-refractivity contribution < 1.29 is 0 Å². The summed E-state index contributed by atoms with van der Waals surface area (Å²) in [6.07, 6.45) is 1.11. The van der Waals surface area contributed by atoms with E-state index in [0.29, 0.717) is 0 Å². The van der Waals surface area contributed by atoms with Gasteiger partial charge in [0.15, 0.2) is 0 Å². The van der Waals surface area contributed by atoms with Gasteiger partial charge in [0.05, 0.1) is 3.79 Å². The van der Waals surface area contributed by atoms with Crippen molar-refractivity contribution >= 4 is 38.6 Å². The summed E-state index contributed by atoms with van der Waals surface area (Å²) in [7, 11) is 0. The van der Waals surface area contributed by atoms with E-state index < -0.39 is 0 Å². The van der Waals surface area contributed by atoms with Crippen LogP contribution in [0.5, 0.6) is 0 Å². The van der Waals surface area contributed by atoms with Crippen LogP contribution in [0.2, 0.25) is 0 Å². The average Bonchev–Trinajstić information content (AvgIpc) is 2.81. The smallest absolute Gasteiger partial charge is 0.0701 e. The maximum Gasteiger partial charge on any atom is 0.0701 e. The van der Waals surface area contributed by atoms with Crippen molar-refractivity contribution in [1.82, 2.24) is 5.32 Å². The standard InChI is InChI=1S/C13H16BrNS2/c1-9-7-11(10(2)16-9)8-15-6-5-12-3-4-13(14)17-12/h3-4,7,15H,5-6,8H2,1-2H3. The number of thiophene rings is 2. The van der Waals surface area contributed by atoms with Crippen LogP contribution >= 0.6 is 38.6 Å². The highest BCUT2D eigenvalue weighted by molar-refractivity contribution is 9.11. The summed E-state index contributed by atoms with van der Waals surface area (Å²) in [6, 6.07) is 6.59. The van der Waals surface area contributed by atoms with Crippen LogP contribution in [-0.4, -0.2) is 6.54 Å². The summed E-state index contributed by atoms with van der Waals surface area (Å²) in [5, 5.41) is 3.51. The van der Waals surface area contributed by atoms with E-state index in [0.717, 1.165) is 19.5 Å². The Hall–Kier alpha value is -0.160. The largest absolute Gasteiger partial charge is 0.312 e. The molecule has 4 heteroatoms. The van der Waals surface area contributed by atoms with E-state index in [2.05, 4.69) is 53.3 Å². The number of halogens is 1. The lowest BCUT2D eigenvalue weighted by Gasteiger charge is -2.03. The van der Waals surface area contributed by atoms with Crippen molar-refractivity contribution in [2.45, 2.75) is 26.8 Å². The molecule has 0 aliphatic heterocycles. The van der Waals surface area contributed by atoms with Gasteiger partial charge >= 0.3 is 0 Å². The zero-order valence-electron chi connectivity index (χ0n) is 10.0. The Morgan fingerprint density at radius 3 is 2.65 bits per heavy atom. The predicted octanol–water partition coefficient (Wildman–Crippen LogP) is 4.52. The zero-order valence-corrected chi connectivity index (χ0v) is 13.3. The van der Waals surface area contributed by atoms with Crippen LogP contribution < -0.4 is 5.32 Å². The number of nitrogens with one attached hydrogen (secondary N) is 1. The molecule has 1 N–H and O–H groups in total. The quantitative estimate of drug-likeness (QED) is 0.795. The molecule has 0 saturated heterocycles. The summed E-state index contributed by atoms with van der Waals surface area (Å²) in [5.41, 5.74) is 1.44. The van der Waals surface area contributed by atoms with Gasteiger partial charge in [-0.1, -0.05) is 0 Å². The van der Waals surface area contributed by atoms with Crippen LogP contribution in [0.1, 0.15) is 20.2 Å². The monoisotopic (exact) mass is 329 g/mol. The molecular weight excluding hydrogens is 314 g/mol. The highest BCUT2D eigenvalue weighted by Gasteiger charge is 2.02. The first-order valence-electron chi connectivity index (χ1n) is 5.66. The minimum atomic E-state index is 0.989. The first-order chi connectivity index (χ1) is 8.15. The van der Waals surface area contributed by atoms with Gasteiger partial charge in [-0.2, -0.15) is 0 Å². The first-order valence-corrected chi connectivity index (χ1v) is 8.08. The third-order valence-electron chi connectivity index (χ3n) is 2.64. The molecule has 2 aromatic heterocycles. The van der Waals surface area contributed by atoms with E-state index in [1.165, 1.54) is 24.0 Å². The topological polar surface area (TPSA) is 12.0 Å². The molecule has 0 aliphatic rings. The third kappa shape index (κ3) is 3.91. The van der Waals surface area contributed by atoms with Gasteiger partial charge in [-0.25, -0.2) is 0 Å². The molecule has 2 rings (SSSR count). The van der Waals surface area contributed by atoms with Crippen molar-refractivity contribution in [3.8, 4) is 0 Å². The van der Waals surface area contributed by atoms with Crippen LogP contribution in [-0.2, 0) is 13.0 Å².